The van der Waals surface area contributed by atoms with Crippen molar-refractivity contribution in [3.8, 4) is 5.75 Å². The van der Waals surface area contributed by atoms with Gasteiger partial charge < -0.3 is 22.5 Å². The first-order chi connectivity index (χ1) is 14.7. The summed E-state index contributed by atoms with van der Waals surface area (Å²) in [5.41, 5.74) is 2.04. The molecule has 6 nitrogen and oxygen atoms in total. The van der Waals surface area contributed by atoms with Crippen LogP contribution in [0.5, 0.6) is 5.75 Å². The smallest absolute Gasteiger partial charge is 0.209 e. The Bertz CT molecular complexity index is 1120. The third-order valence-electron chi connectivity index (χ3n) is 4.70. The first-order valence-electron chi connectivity index (χ1n) is 9.64. The molecule has 1 aromatic heterocycles. The number of hydrogen-bond donors (Lipinski definition) is 1. The van der Waals surface area contributed by atoms with E-state index >= 15 is 0 Å². The maximum atomic E-state index is 13.1. The van der Waals surface area contributed by atoms with E-state index < -0.39 is 0 Å². The molecule has 162 valence electrons. The van der Waals surface area contributed by atoms with Crippen LogP contribution >= 0.6 is 11.8 Å². The second kappa shape index (κ2) is 11.1. The van der Waals surface area contributed by atoms with Gasteiger partial charge in [-0.05, 0) is 45.0 Å². The summed E-state index contributed by atoms with van der Waals surface area (Å²) in [5.74, 6) is 1.44. The fraction of sp³-hybridized carbons (Fsp3) is 0.227. The number of ether oxygens (including phenoxy) is 1. The third-order valence-corrected chi connectivity index (χ3v) is 5.71. The fourth-order valence-electron chi connectivity index (χ4n) is 3.15. The summed E-state index contributed by atoms with van der Waals surface area (Å²) in [6.07, 6.45) is 0. The molecule has 0 fully saturated rings. The van der Waals surface area contributed by atoms with Gasteiger partial charge in [0, 0.05) is 31.5 Å². The number of nitrogens with zero attached hydrogens (tertiary/aromatic N) is 4. The number of benzene rings is 3. The highest BCUT2D eigenvalue weighted by molar-refractivity contribution is 7.99. The molecule has 0 aliphatic heterocycles. The molecular weight excluding hydrogens is 437 g/mol. The zero-order chi connectivity index (χ0) is 20.8. The van der Waals surface area contributed by atoms with Crippen LogP contribution in [-0.2, 0) is 20.2 Å². The van der Waals surface area contributed by atoms with Crippen LogP contribution in [0.1, 0.15) is 11.1 Å². The fourth-order valence-corrected chi connectivity index (χ4v) is 3.89. The normalized spacial score (nSPS) is 10.8. The lowest BCUT2D eigenvalue weighted by Crippen LogP contribution is -3.00. The van der Waals surface area contributed by atoms with E-state index in [0.717, 1.165) is 39.7 Å². The Morgan fingerprint density at radius 2 is 1.87 bits per heavy atom. The SMILES string of the molecule is Cn1nnnc1SCCNCc1c(OCc2ccc(F)cc2)ccc2ccccc12.[Cl-]. The van der Waals surface area contributed by atoms with Crippen molar-refractivity contribution in [2.24, 2.45) is 7.05 Å². The van der Waals surface area contributed by atoms with E-state index in [9.17, 15) is 4.39 Å². The van der Waals surface area contributed by atoms with Crippen molar-refractivity contribution in [2.45, 2.75) is 18.3 Å². The van der Waals surface area contributed by atoms with Gasteiger partial charge in [0.25, 0.3) is 0 Å². The van der Waals surface area contributed by atoms with E-state index in [1.807, 2.05) is 25.2 Å². The summed E-state index contributed by atoms with van der Waals surface area (Å²) >= 11 is 1.61. The lowest BCUT2D eigenvalue weighted by Gasteiger charge is -2.15. The number of rotatable bonds is 9. The van der Waals surface area contributed by atoms with E-state index in [4.69, 9.17) is 4.74 Å². The molecule has 4 rings (SSSR count). The Balaban J connectivity index is 0.00000272. The van der Waals surface area contributed by atoms with Crippen molar-refractivity contribution >= 4 is 22.5 Å². The van der Waals surface area contributed by atoms with Crippen molar-refractivity contribution < 1.29 is 21.5 Å². The van der Waals surface area contributed by atoms with Gasteiger partial charge in [0.2, 0.25) is 5.16 Å². The third kappa shape index (κ3) is 5.94. The van der Waals surface area contributed by atoms with Crippen LogP contribution in [0.4, 0.5) is 4.39 Å². The van der Waals surface area contributed by atoms with E-state index in [1.165, 1.54) is 17.5 Å². The predicted octanol–water partition coefficient (Wildman–Crippen LogP) is 0.967. The van der Waals surface area contributed by atoms with Gasteiger partial charge in [-0.25, -0.2) is 9.07 Å². The number of aryl methyl sites for hydroxylation is 1. The monoisotopic (exact) mass is 458 g/mol. The number of nitrogens with one attached hydrogen (secondary N) is 1. The molecule has 0 saturated heterocycles. The maximum absolute atomic E-state index is 13.1. The molecule has 0 saturated carbocycles. The minimum absolute atomic E-state index is 0. The molecule has 0 aliphatic carbocycles. The molecule has 0 aliphatic rings. The topological polar surface area (TPSA) is 64.9 Å². The molecule has 3 aromatic carbocycles. The molecule has 0 unspecified atom stereocenters. The van der Waals surface area contributed by atoms with Gasteiger partial charge in [0.1, 0.15) is 18.2 Å². The number of fused-ring (bicyclic) bond motifs is 1. The van der Waals surface area contributed by atoms with Gasteiger partial charge in [-0.15, -0.1) is 5.10 Å². The van der Waals surface area contributed by atoms with Crippen molar-refractivity contribution in [3.05, 3.63) is 77.6 Å². The first-order valence-corrected chi connectivity index (χ1v) is 10.6. The number of aromatic nitrogens is 4. The quantitative estimate of drug-likeness (QED) is 0.298. The standard InChI is InChI=1S/C22H22FN5OS.ClH/c1-28-22(25-26-27-28)30-13-12-24-14-20-19-5-3-2-4-17(19)8-11-21(20)29-15-16-6-9-18(23)10-7-16;/h2-11,24H,12-15H2,1H3;1H/p-1. The molecule has 4 aromatic rings. The Kier molecular flexibility index (Phi) is 8.22. The molecule has 9 heteroatoms. The van der Waals surface area contributed by atoms with Crippen LogP contribution in [0.2, 0.25) is 0 Å². The minimum atomic E-state index is -0.246. The van der Waals surface area contributed by atoms with Crippen LogP contribution in [0.25, 0.3) is 10.8 Å². The predicted molar refractivity (Wildman–Crippen MR) is 116 cm³/mol. The second-order valence-electron chi connectivity index (χ2n) is 6.79. The van der Waals surface area contributed by atoms with Gasteiger partial charge in [-0.2, -0.15) is 0 Å². The second-order valence-corrected chi connectivity index (χ2v) is 7.85. The highest BCUT2D eigenvalue weighted by atomic mass is 35.5. The number of halogens is 2. The van der Waals surface area contributed by atoms with Gasteiger partial charge >= 0.3 is 0 Å². The number of tetrazole rings is 1. The Labute approximate surface area is 190 Å². The Morgan fingerprint density at radius 1 is 1.06 bits per heavy atom. The first kappa shape index (κ1) is 23.0. The van der Waals surface area contributed by atoms with Crippen LogP contribution in [0.3, 0.4) is 0 Å². The summed E-state index contributed by atoms with van der Waals surface area (Å²) in [4.78, 5) is 0. The highest BCUT2D eigenvalue weighted by Crippen LogP contribution is 2.29. The molecule has 0 atom stereocenters. The van der Waals surface area contributed by atoms with Crippen molar-refractivity contribution in [2.75, 3.05) is 12.3 Å². The summed E-state index contributed by atoms with van der Waals surface area (Å²) in [6, 6.07) is 18.7. The molecule has 0 bridgehead atoms. The van der Waals surface area contributed by atoms with E-state index in [1.54, 1.807) is 28.6 Å². The van der Waals surface area contributed by atoms with Crippen molar-refractivity contribution in [1.29, 1.82) is 0 Å². The van der Waals surface area contributed by atoms with E-state index in [0.29, 0.717) is 13.2 Å². The van der Waals surface area contributed by atoms with Crippen molar-refractivity contribution in [1.82, 2.24) is 25.5 Å². The lowest BCUT2D eigenvalue weighted by atomic mass is 10.0. The summed E-state index contributed by atoms with van der Waals surface area (Å²) in [7, 11) is 1.83. The summed E-state index contributed by atoms with van der Waals surface area (Å²) < 4.78 is 20.9. The number of thioether (sulfide) groups is 1. The Hall–Kier alpha value is -2.68. The molecule has 1 N–H and O–H groups in total. The van der Waals surface area contributed by atoms with Gasteiger partial charge in [0.05, 0.1) is 0 Å². The maximum Gasteiger partial charge on any atom is 0.209 e. The number of hydrogen-bond acceptors (Lipinski definition) is 6. The Morgan fingerprint density at radius 3 is 2.65 bits per heavy atom. The zero-order valence-corrected chi connectivity index (χ0v) is 18.5. The van der Waals surface area contributed by atoms with Crippen LogP contribution < -0.4 is 22.5 Å². The molecular formula is C22H22ClFN5OS-. The van der Waals surface area contributed by atoms with Gasteiger partial charge in [0.15, 0.2) is 0 Å². The average Bonchev–Trinajstić information content (AvgIpc) is 3.18. The van der Waals surface area contributed by atoms with Gasteiger partial charge in [-0.3, -0.25) is 0 Å². The molecule has 31 heavy (non-hydrogen) atoms. The largest absolute Gasteiger partial charge is 1.00 e. The lowest BCUT2D eigenvalue weighted by molar-refractivity contribution is -0.00000715. The van der Waals surface area contributed by atoms with E-state index in [-0.39, 0.29) is 18.2 Å². The highest BCUT2D eigenvalue weighted by Gasteiger charge is 2.10. The van der Waals surface area contributed by atoms with Crippen LogP contribution in [0, 0.1) is 5.82 Å². The molecule has 0 radical (unpaired) electrons. The summed E-state index contributed by atoms with van der Waals surface area (Å²) in [5, 5.41) is 18.1. The zero-order valence-electron chi connectivity index (χ0n) is 17.0. The van der Waals surface area contributed by atoms with Crippen LogP contribution in [-0.4, -0.2) is 32.5 Å². The van der Waals surface area contributed by atoms with Crippen LogP contribution in [0.15, 0.2) is 65.8 Å². The molecule has 1 heterocycles. The minimum Gasteiger partial charge on any atom is -1.00 e. The van der Waals surface area contributed by atoms with E-state index in [2.05, 4.69) is 39.0 Å². The van der Waals surface area contributed by atoms with Gasteiger partial charge in [-0.1, -0.05) is 54.2 Å². The van der Waals surface area contributed by atoms with Crippen molar-refractivity contribution in [3.63, 3.8) is 0 Å². The molecule has 0 spiro atoms. The molecule has 0 amide bonds. The average molecular weight is 459 g/mol. The summed E-state index contributed by atoms with van der Waals surface area (Å²) in [6.45, 7) is 1.87.